The van der Waals surface area contributed by atoms with E-state index in [1.807, 2.05) is 30.3 Å². The molecule has 0 radical (unpaired) electrons. The Morgan fingerprint density at radius 3 is 2.72 bits per heavy atom. The minimum absolute atomic E-state index is 0.249. The maximum absolute atomic E-state index is 13.2. The van der Waals surface area contributed by atoms with Gasteiger partial charge in [-0.15, -0.1) is 0 Å². The van der Waals surface area contributed by atoms with Crippen molar-refractivity contribution in [2.24, 2.45) is 4.99 Å². The Morgan fingerprint density at radius 1 is 1.17 bits per heavy atom. The van der Waals surface area contributed by atoms with Gasteiger partial charge in [-0.2, -0.15) is 0 Å². The van der Waals surface area contributed by atoms with Gasteiger partial charge in [-0.05, 0) is 61.6 Å². The van der Waals surface area contributed by atoms with Crippen LogP contribution >= 0.6 is 0 Å². The van der Waals surface area contributed by atoms with Crippen LogP contribution in [0.15, 0.2) is 53.5 Å². The van der Waals surface area contributed by atoms with Crippen LogP contribution in [0.1, 0.15) is 37.3 Å². The van der Waals surface area contributed by atoms with Crippen molar-refractivity contribution in [2.75, 3.05) is 6.54 Å². The molecule has 2 saturated heterocycles. The third-order valence-electron chi connectivity index (χ3n) is 5.41. The van der Waals surface area contributed by atoms with Gasteiger partial charge in [0.1, 0.15) is 18.2 Å². The fourth-order valence-electron chi connectivity index (χ4n) is 3.94. The first-order valence-electron chi connectivity index (χ1n) is 10.4. The molecular weight excluding hydrogens is 369 g/mol. The molecule has 0 spiro atoms. The van der Waals surface area contributed by atoms with Crippen molar-refractivity contribution in [3.8, 4) is 5.75 Å². The van der Waals surface area contributed by atoms with E-state index < -0.39 is 0 Å². The monoisotopic (exact) mass is 397 g/mol. The molecule has 0 aromatic heterocycles. The Morgan fingerprint density at radius 2 is 2.03 bits per heavy atom. The number of fused-ring (bicyclic) bond motifs is 2. The average molecular weight is 397 g/mol. The van der Waals surface area contributed by atoms with Crippen molar-refractivity contribution < 1.29 is 13.9 Å². The molecule has 29 heavy (non-hydrogen) atoms. The highest BCUT2D eigenvalue weighted by molar-refractivity contribution is 5.80. The van der Waals surface area contributed by atoms with Crippen LogP contribution in [0.25, 0.3) is 0 Å². The number of rotatable bonds is 7. The second-order valence-corrected chi connectivity index (χ2v) is 7.62. The van der Waals surface area contributed by atoms with Crippen LogP contribution in [-0.4, -0.2) is 30.8 Å². The van der Waals surface area contributed by atoms with Crippen molar-refractivity contribution in [2.45, 2.75) is 57.6 Å². The summed E-state index contributed by atoms with van der Waals surface area (Å²) in [6.07, 6.45) is 4.12. The zero-order valence-corrected chi connectivity index (χ0v) is 16.7. The highest BCUT2D eigenvalue weighted by Gasteiger charge is 2.41. The van der Waals surface area contributed by atoms with Gasteiger partial charge in [0, 0.05) is 6.54 Å². The Labute approximate surface area is 171 Å². The smallest absolute Gasteiger partial charge is 0.191 e. The zero-order chi connectivity index (χ0) is 20.1. The number of ether oxygens (including phenoxy) is 2. The predicted molar refractivity (Wildman–Crippen MR) is 111 cm³/mol. The minimum Gasteiger partial charge on any atom is -0.489 e. The van der Waals surface area contributed by atoms with Gasteiger partial charge in [0.25, 0.3) is 0 Å². The number of guanidine groups is 1. The van der Waals surface area contributed by atoms with Gasteiger partial charge >= 0.3 is 0 Å². The van der Waals surface area contributed by atoms with E-state index in [0.717, 1.165) is 42.2 Å². The maximum Gasteiger partial charge on any atom is 0.191 e. The molecule has 2 aliphatic rings. The topological polar surface area (TPSA) is 54.9 Å². The van der Waals surface area contributed by atoms with Crippen molar-refractivity contribution in [3.05, 3.63) is 65.5 Å². The molecule has 3 atom stereocenters. The zero-order valence-electron chi connectivity index (χ0n) is 16.7. The maximum atomic E-state index is 13.2. The molecule has 4 rings (SSSR count). The number of halogens is 1. The van der Waals surface area contributed by atoms with Crippen molar-refractivity contribution in [1.82, 2.24) is 10.6 Å². The largest absolute Gasteiger partial charge is 0.489 e. The second-order valence-electron chi connectivity index (χ2n) is 7.62. The highest BCUT2D eigenvalue weighted by Crippen LogP contribution is 2.34. The highest BCUT2D eigenvalue weighted by atomic mass is 19.1. The number of hydrogen-bond donors (Lipinski definition) is 2. The first kappa shape index (κ1) is 19.7. The van der Waals surface area contributed by atoms with Gasteiger partial charge in [0.2, 0.25) is 0 Å². The Balaban J connectivity index is 1.30. The molecule has 2 N–H and O–H groups in total. The number of nitrogens with zero attached hydrogens (tertiary/aromatic N) is 1. The molecule has 2 aromatic rings. The SMILES string of the molecule is CCNC(=NCc1ccc(OCc2cccc(F)c2)cc1)NC1CC2CCC1O2. The summed E-state index contributed by atoms with van der Waals surface area (Å²) in [5, 5.41) is 6.85. The van der Waals surface area contributed by atoms with Crippen LogP contribution in [0.2, 0.25) is 0 Å². The molecule has 5 nitrogen and oxygen atoms in total. The number of hydrogen-bond acceptors (Lipinski definition) is 3. The molecular formula is C23H28FN3O2. The molecule has 2 fully saturated rings. The van der Waals surface area contributed by atoms with Crippen LogP contribution < -0.4 is 15.4 Å². The average Bonchev–Trinajstić information content (AvgIpc) is 3.35. The molecule has 2 bridgehead atoms. The Kier molecular flexibility index (Phi) is 6.30. The van der Waals surface area contributed by atoms with E-state index in [1.54, 1.807) is 6.07 Å². The molecule has 6 heteroatoms. The van der Waals surface area contributed by atoms with E-state index in [-0.39, 0.29) is 5.82 Å². The predicted octanol–water partition coefficient (Wildman–Crippen LogP) is 3.78. The fraction of sp³-hybridized carbons (Fsp3) is 0.435. The lowest BCUT2D eigenvalue weighted by atomic mass is 9.96. The second kappa shape index (κ2) is 9.27. The quantitative estimate of drug-likeness (QED) is 0.552. The first-order chi connectivity index (χ1) is 14.2. The molecule has 154 valence electrons. The molecule has 0 aliphatic carbocycles. The van der Waals surface area contributed by atoms with Crippen molar-refractivity contribution in [3.63, 3.8) is 0 Å². The van der Waals surface area contributed by atoms with E-state index in [0.29, 0.717) is 31.4 Å². The summed E-state index contributed by atoms with van der Waals surface area (Å²) in [4.78, 5) is 4.72. The van der Waals surface area contributed by atoms with Crippen LogP contribution in [0.3, 0.4) is 0 Å². The summed E-state index contributed by atoms with van der Waals surface area (Å²) in [5.41, 5.74) is 1.91. The van der Waals surface area contributed by atoms with Gasteiger partial charge in [-0.1, -0.05) is 24.3 Å². The van der Waals surface area contributed by atoms with E-state index in [1.165, 1.54) is 18.6 Å². The van der Waals surface area contributed by atoms with Crippen LogP contribution in [0.4, 0.5) is 4.39 Å². The number of nitrogens with one attached hydrogen (secondary N) is 2. The first-order valence-corrected chi connectivity index (χ1v) is 10.4. The fourth-order valence-corrected chi connectivity index (χ4v) is 3.94. The molecule has 2 aliphatic heterocycles. The summed E-state index contributed by atoms with van der Waals surface area (Å²) < 4.78 is 24.9. The Hall–Kier alpha value is -2.60. The summed E-state index contributed by atoms with van der Waals surface area (Å²) in [6.45, 7) is 3.82. The molecule has 0 amide bonds. The van der Waals surface area contributed by atoms with E-state index in [2.05, 4.69) is 17.6 Å². The minimum atomic E-state index is -0.249. The van der Waals surface area contributed by atoms with Gasteiger partial charge in [0.05, 0.1) is 24.8 Å². The third kappa shape index (κ3) is 5.26. The standard InChI is InChI=1S/C23H28FN3O2/c1-2-25-23(27-21-13-20-10-11-22(21)29-20)26-14-16-6-8-19(9-7-16)28-15-17-4-3-5-18(24)12-17/h3-9,12,20-22H,2,10-11,13-15H2,1H3,(H2,25,26,27). The number of benzene rings is 2. The lowest BCUT2D eigenvalue weighted by Crippen LogP contribution is -2.47. The third-order valence-corrected chi connectivity index (χ3v) is 5.41. The van der Waals surface area contributed by atoms with Gasteiger partial charge in [0.15, 0.2) is 5.96 Å². The summed E-state index contributed by atoms with van der Waals surface area (Å²) in [7, 11) is 0. The summed E-state index contributed by atoms with van der Waals surface area (Å²) >= 11 is 0. The van der Waals surface area contributed by atoms with Gasteiger partial charge < -0.3 is 20.1 Å². The molecule has 0 saturated carbocycles. The molecule has 2 heterocycles. The normalized spacial score (nSPS) is 23.2. The molecule has 2 aromatic carbocycles. The lowest BCUT2D eigenvalue weighted by Gasteiger charge is -2.22. The van der Waals surface area contributed by atoms with Gasteiger partial charge in [-0.25, -0.2) is 9.38 Å². The van der Waals surface area contributed by atoms with Crippen molar-refractivity contribution >= 4 is 5.96 Å². The van der Waals surface area contributed by atoms with E-state index in [4.69, 9.17) is 14.5 Å². The van der Waals surface area contributed by atoms with Crippen LogP contribution in [0, 0.1) is 5.82 Å². The van der Waals surface area contributed by atoms with E-state index in [9.17, 15) is 4.39 Å². The van der Waals surface area contributed by atoms with Crippen molar-refractivity contribution in [1.29, 1.82) is 0 Å². The van der Waals surface area contributed by atoms with Crippen LogP contribution in [-0.2, 0) is 17.9 Å². The number of aliphatic imine (C=N–C) groups is 1. The lowest BCUT2D eigenvalue weighted by molar-refractivity contribution is 0.0992. The van der Waals surface area contributed by atoms with E-state index >= 15 is 0 Å². The van der Waals surface area contributed by atoms with Gasteiger partial charge in [-0.3, -0.25) is 0 Å². The molecule has 3 unspecified atom stereocenters. The Bertz CT molecular complexity index is 840. The summed E-state index contributed by atoms with van der Waals surface area (Å²) in [5.74, 6) is 1.34. The summed E-state index contributed by atoms with van der Waals surface area (Å²) in [6, 6.07) is 14.7. The van der Waals surface area contributed by atoms with Crippen LogP contribution in [0.5, 0.6) is 5.75 Å².